The number of benzene rings is 3. The van der Waals surface area contributed by atoms with Gasteiger partial charge in [-0.2, -0.15) is 0 Å². The molecule has 0 spiro atoms. The molecule has 0 aromatic heterocycles. The van der Waals surface area contributed by atoms with Crippen LogP contribution in [0, 0.1) is 0 Å². The van der Waals surface area contributed by atoms with Gasteiger partial charge in [0.2, 0.25) is 11.8 Å². The number of allylic oxidation sites excluding steroid dienone is 1. The molecule has 3 rings (SSSR count). The maximum atomic E-state index is 13.0. The number of hydrogen-bond donors (Lipinski definition) is 3. The molecule has 0 fully saturated rings. The Balaban J connectivity index is 1.61. The highest BCUT2D eigenvalue weighted by atomic mass is 16.5. The molecule has 0 atom stereocenters. The van der Waals surface area contributed by atoms with E-state index in [2.05, 4.69) is 5.32 Å². The average Bonchev–Trinajstić information content (AvgIpc) is 2.90. The number of amides is 2. The monoisotopic (exact) mass is 476 g/mol. The summed E-state index contributed by atoms with van der Waals surface area (Å²) >= 11 is 0. The molecule has 3 aromatic rings. The number of methoxy groups -OCH3 is 1. The summed E-state index contributed by atoms with van der Waals surface area (Å²) < 4.78 is 11.2. The lowest BCUT2D eigenvalue weighted by Gasteiger charge is -2.13. The number of fused-ring (bicyclic) bond motifs is 1. The molecule has 0 aliphatic heterocycles. The zero-order valence-corrected chi connectivity index (χ0v) is 20.0. The molecule has 0 aliphatic carbocycles. The molecule has 0 bridgehead atoms. The van der Waals surface area contributed by atoms with Crippen molar-refractivity contribution in [2.45, 2.75) is 32.1 Å². The highest BCUT2D eigenvalue weighted by molar-refractivity contribution is 5.94. The minimum atomic E-state index is -0.412. The fourth-order valence-corrected chi connectivity index (χ4v) is 3.68. The molecule has 0 aliphatic rings. The Hall–Kier alpha value is -3.84. The van der Waals surface area contributed by atoms with Crippen molar-refractivity contribution < 1.29 is 24.3 Å². The van der Waals surface area contributed by atoms with Crippen molar-refractivity contribution >= 4 is 22.6 Å². The van der Waals surface area contributed by atoms with Crippen LogP contribution in [-0.2, 0) is 16.0 Å². The Morgan fingerprint density at radius 1 is 0.971 bits per heavy atom. The second-order valence-electron chi connectivity index (χ2n) is 8.13. The number of hydrogen-bond acceptors (Lipinski definition) is 5. The van der Waals surface area contributed by atoms with E-state index in [1.807, 2.05) is 72.8 Å². The van der Waals surface area contributed by atoms with E-state index in [1.165, 1.54) is 0 Å². The van der Waals surface area contributed by atoms with Gasteiger partial charge in [0.1, 0.15) is 18.1 Å². The van der Waals surface area contributed by atoms with E-state index in [-0.39, 0.29) is 18.9 Å². The van der Waals surface area contributed by atoms with E-state index >= 15 is 0 Å². The summed E-state index contributed by atoms with van der Waals surface area (Å²) in [5, 5.41) is 13.7. The predicted octanol–water partition coefficient (Wildman–Crippen LogP) is 4.58. The third kappa shape index (κ3) is 8.15. The normalized spacial score (nSPS) is 11.2. The van der Waals surface area contributed by atoms with Crippen LogP contribution < -0.4 is 20.3 Å². The fraction of sp³-hybridized carbons (Fsp3) is 0.286. The summed E-state index contributed by atoms with van der Waals surface area (Å²) in [5.74, 6) is 0.932. The van der Waals surface area contributed by atoms with E-state index in [0.717, 1.165) is 27.8 Å². The van der Waals surface area contributed by atoms with Gasteiger partial charge in [-0.25, -0.2) is 5.48 Å². The minimum Gasteiger partial charge on any atom is -0.497 e. The van der Waals surface area contributed by atoms with Gasteiger partial charge >= 0.3 is 0 Å². The van der Waals surface area contributed by atoms with Crippen molar-refractivity contribution in [3.63, 3.8) is 0 Å². The molecule has 0 radical (unpaired) electrons. The Labute approximate surface area is 205 Å². The first-order chi connectivity index (χ1) is 17.1. The number of carbonyl (C=O) groups excluding carboxylic acids is 2. The molecule has 0 saturated carbocycles. The maximum Gasteiger partial charge on any atom is 0.250 e. The summed E-state index contributed by atoms with van der Waals surface area (Å²) in [6.07, 6.45) is 4.75. The molecule has 7 heteroatoms. The third-order valence-corrected chi connectivity index (χ3v) is 5.66. The molecule has 3 aromatic carbocycles. The topological polar surface area (TPSA) is 96.9 Å². The van der Waals surface area contributed by atoms with E-state index in [4.69, 9.17) is 14.7 Å². The molecular weight excluding hydrogens is 444 g/mol. The van der Waals surface area contributed by atoms with E-state index in [0.29, 0.717) is 37.8 Å². The van der Waals surface area contributed by atoms with Crippen LogP contribution in [0.3, 0.4) is 0 Å². The lowest BCUT2D eigenvalue weighted by atomic mass is 10.1. The molecule has 0 unspecified atom stereocenters. The van der Waals surface area contributed by atoms with Gasteiger partial charge in [-0.3, -0.25) is 14.8 Å². The first kappa shape index (κ1) is 25.8. The van der Waals surface area contributed by atoms with Gasteiger partial charge in [-0.15, -0.1) is 0 Å². The van der Waals surface area contributed by atoms with Crippen LogP contribution in [-0.4, -0.2) is 37.3 Å². The summed E-state index contributed by atoms with van der Waals surface area (Å²) in [6, 6.07) is 21.6. The number of ether oxygens (including phenoxy) is 2. The first-order valence-corrected chi connectivity index (χ1v) is 11.7. The average molecular weight is 477 g/mol. The summed E-state index contributed by atoms with van der Waals surface area (Å²) in [7, 11) is 1.63. The molecule has 184 valence electrons. The van der Waals surface area contributed by atoms with Gasteiger partial charge in [-0.05, 0) is 54.8 Å². The molecule has 0 heterocycles. The van der Waals surface area contributed by atoms with Crippen LogP contribution in [0.4, 0.5) is 0 Å². The number of rotatable bonds is 13. The summed E-state index contributed by atoms with van der Waals surface area (Å²) in [5.41, 5.74) is 3.28. The van der Waals surface area contributed by atoms with Crippen molar-refractivity contribution in [1.82, 2.24) is 10.8 Å². The number of unbranched alkanes of at least 4 members (excludes halogenated alkanes) is 2. The van der Waals surface area contributed by atoms with Gasteiger partial charge in [-0.1, -0.05) is 54.6 Å². The lowest BCUT2D eigenvalue weighted by molar-refractivity contribution is -0.129. The Bertz CT molecular complexity index is 1140. The smallest absolute Gasteiger partial charge is 0.250 e. The lowest BCUT2D eigenvalue weighted by Crippen LogP contribution is -2.29. The second kappa shape index (κ2) is 13.8. The largest absolute Gasteiger partial charge is 0.497 e. The van der Waals surface area contributed by atoms with Crippen LogP contribution >= 0.6 is 0 Å². The number of carbonyl (C=O) groups is 2. The van der Waals surface area contributed by atoms with Crippen LogP contribution in [0.1, 0.15) is 31.2 Å². The Morgan fingerprint density at radius 3 is 2.51 bits per heavy atom. The van der Waals surface area contributed by atoms with Crippen molar-refractivity contribution in [1.29, 1.82) is 0 Å². The second-order valence-corrected chi connectivity index (χ2v) is 8.13. The maximum absolute atomic E-state index is 13.0. The quantitative estimate of drug-likeness (QED) is 0.145. The standard InChI is InChI=1S/C28H32N2O5/c1-34-24-16-14-21(15-17-24)18-19-29-28(32)23(9-3-2-4-13-27(31)30-33)20-35-26-12-7-10-22-8-5-6-11-25(22)26/h5-12,14-17,33H,2-4,13,18-20H2,1H3,(H,29,32)(H,30,31). The van der Waals surface area contributed by atoms with Gasteiger partial charge in [0, 0.05) is 18.4 Å². The SMILES string of the molecule is COc1ccc(CCNC(=O)C(=CCCCCC(=O)NO)COc2cccc3ccccc23)cc1. The van der Waals surface area contributed by atoms with Crippen LogP contribution in [0.2, 0.25) is 0 Å². The van der Waals surface area contributed by atoms with Gasteiger partial charge < -0.3 is 14.8 Å². The Morgan fingerprint density at radius 2 is 1.74 bits per heavy atom. The summed E-state index contributed by atoms with van der Waals surface area (Å²) in [4.78, 5) is 24.1. The van der Waals surface area contributed by atoms with E-state index in [1.54, 1.807) is 12.6 Å². The van der Waals surface area contributed by atoms with Gasteiger partial charge in [0.05, 0.1) is 12.7 Å². The van der Waals surface area contributed by atoms with Gasteiger partial charge in [0.25, 0.3) is 0 Å². The third-order valence-electron chi connectivity index (χ3n) is 5.66. The van der Waals surface area contributed by atoms with Crippen LogP contribution in [0.15, 0.2) is 78.4 Å². The first-order valence-electron chi connectivity index (χ1n) is 11.7. The molecule has 7 nitrogen and oxygen atoms in total. The fourth-order valence-electron chi connectivity index (χ4n) is 3.68. The molecule has 3 N–H and O–H groups in total. The van der Waals surface area contributed by atoms with E-state index < -0.39 is 5.91 Å². The van der Waals surface area contributed by atoms with Crippen molar-refractivity contribution in [2.24, 2.45) is 0 Å². The molecule has 35 heavy (non-hydrogen) atoms. The van der Waals surface area contributed by atoms with Crippen molar-refractivity contribution in [3.05, 3.63) is 83.9 Å². The summed E-state index contributed by atoms with van der Waals surface area (Å²) in [6.45, 7) is 0.632. The van der Waals surface area contributed by atoms with Crippen LogP contribution in [0.25, 0.3) is 10.8 Å². The number of nitrogens with one attached hydrogen (secondary N) is 2. The molecule has 0 saturated heterocycles. The highest BCUT2D eigenvalue weighted by Crippen LogP contribution is 2.25. The Kier molecular flexibility index (Phi) is 10.1. The van der Waals surface area contributed by atoms with Crippen molar-refractivity contribution in [3.8, 4) is 11.5 Å². The minimum absolute atomic E-state index is 0.138. The zero-order valence-electron chi connectivity index (χ0n) is 20.0. The van der Waals surface area contributed by atoms with E-state index in [9.17, 15) is 9.59 Å². The highest BCUT2D eigenvalue weighted by Gasteiger charge is 2.11. The zero-order chi connectivity index (χ0) is 24.9. The predicted molar refractivity (Wildman–Crippen MR) is 136 cm³/mol. The van der Waals surface area contributed by atoms with Gasteiger partial charge in [0.15, 0.2) is 0 Å². The molecular formula is C28H32N2O5. The number of hydroxylamine groups is 1. The van der Waals surface area contributed by atoms with Crippen molar-refractivity contribution in [2.75, 3.05) is 20.3 Å². The molecule has 2 amide bonds. The van der Waals surface area contributed by atoms with Crippen LogP contribution in [0.5, 0.6) is 11.5 Å².